The second kappa shape index (κ2) is 8.41. The molecule has 7 heteroatoms. The lowest BCUT2D eigenvalue weighted by Gasteiger charge is -2.21. The van der Waals surface area contributed by atoms with Crippen molar-refractivity contribution in [3.63, 3.8) is 0 Å². The Kier molecular flexibility index (Phi) is 5.52. The highest BCUT2D eigenvalue weighted by Gasteiger charge is 2.23. The number of carbonyl (C=O) groups is 2. The normalized spacial score (nSPS) is 13.9. The maximum absolute atomic E-state index is 14.5. The van der Waals surface area contributed by atoms with Crippen LogP contribution >= 0.6 is 0 Å². The number of rotatable bonds is 5. The summed E-state index contributed by atoms with van der Waals surface area (Å²) in [7, 11) is 0. The fraction of sp³-hybridized carbons (Fsp3) is 0.174. The molecule has 0 spiro atoms. The second-order valence-corrected chi connectivity index (χ2v) is 7.07. The number of benzene rings is 2. The van der Waals surface area contributed by atoms with Crippen LogP contribution in [0.4, 0.5) is 14.5 Å². The topological polar surface area (TPSA) is 71.1 Å². The van der Waals surface area contributed by atoms with Gasteiger partial charge in [0, 0.05) is 23.9 Å². The van der Waals surface area contributed by atoms with Crippen LogP contribution in [0.1, 0.15) is 45.2 Å². The Morgan fingerprint density at radius 1 is 1.13 bits per heavy atom. The Bertz CT molecular complexity index is 1100. The van der Waals surface area contributed by atoms with Gasteiger partial charge < -0.3 is 10.6 Å². The molecule has 2 aromatic carbocycles. The molecule has 30 heavy (non-hydrogen) atoms. The minimum atomic E-state index is -0.844. The van der Waals surface area contributed by atoms with E-state index in [2.05, 4.69) is 15.6 Å². The number of carbonyl (C=O) groups excluding carboxylic acids is 2. The molecule has 2 N–H and O–H groups in total. The predicted molar refractivity (Wildman–Crippen MR) is 108 cm³/mol. The Balaban J connectivity index is 1.65. The van der Waals surface area contributed by atoms with E-state index in [9.17, 15) is 18.4 Å². The predicted octanol–water partition coefficient (Wildman–Crippen LogP) is 4.09. The van der Waals surface area contributed by atoms with Crippen molar-refractivity contribution in [2.24, 2.45) is 0 Å². The molecule has 0 aliphatic carbocycles. The molecular formula is C23H19F2N3O2. The molecule has 0 saturated carbocycles. The van der Waals surface area contributed by atoms with E-state index in [1.54, 1.807) is 42.5 Å². The summed E-state index contributed by atoms with van der Waals surface area (Å²) in [6.45, 7) is -0.610. The van der Waals surface area contributed by atoms with Crippen molar-refractivity contribution in [2.75, 3.05) is 5.32 Å². The lowest BCUT2D eigenvalue weighted by Crippen LogP contribution is -2.31. The molecule has 152 valence electrons. The summed E-state index contributed by atoms with van der Waals surface area (Å²) in [5.41, 5.74) is 3.10. The maximum atomic E-state index is 14.5. The number of halogens is 2. The van der Waals surface area contributed by atoms with E-state index in [-0.39, 0.29) is 11.6 Å². The van der Waals surface area contributed by atoms with Crippen LogP contribution in [0.15, 0.2) is 60.8 Å². The van der Waals surface area contributed by atoms with Gasteiger partial charge in [-0.3, -0.25) is 14.6 Å². The third kappa shape index (κ3) is 4.05. The smallest absolute Gasteiger partial charge is 0.252 e. The standard InChI is InChI=1S/C23H19F2N3O2/c24-13-14-3-5-15(6-4-14)21(22-18(25)2-1-11-26-22)28-23(30)17-7-9-19-16(12-17)8-10-20(29)27-19/h1-7,9,11-12,21H,8,10,13H2,(H,27,29)(H,28,30)/t21-/m0/s1. The first-order valence-corrected chi connectivity index (χ1v) is 9.54. The van der Waals surface area contributed by atoms with Crippen LogP contribution in [0.25, 0.3) is 0 Å². The average Bonchev–Trinajstić information content (AvgIpc) is 2.77. The number of hydrogen-bond acceptors (Lipinski definition) is 3. The molecule has 3 aromatic rings. The first-order chi connectivity index (χ1) is 14.5. The van der Waals surface area contributed by atoms with Crippen LogP contribution in [-0.4, -0.2) is 16.8 Å². The van der Waals surface area contributed by atoms with Gasteiger partial charge in [0.15, 0.2) is 0 Å². The number of pyridine rings is 1. The van der Waals surface area contributed by atoms with Gasteiger partial charge in [-0.2, -0.15) is 0 Å². The molecule has 0 unspecified atom stereocenters. The molecule has 1 aliphatic rings. The van der Waals surface area contributed by atoms with Gasteiger partial charge >= 0.3 is 0 Å². The van der Waals surface area contributed by atoms with Gasteiger partial charge in [0.2, 0.25) is 5.91 Å². The van der Waals surface area contributed by atoms with Crippen molar-refractivity contribution in [1.29, 1.82) is 0 Å². The van der Waals surface area contributed by atoms with Gasteiger partial charge in [0.05, 0.1) is 6.04 Å². The molecule has 4 rings (SSSR count). The Morgan fingerprint density at radius 2 is 1.93 bits per heavy atom. The Morgan fingerprint density at radius 3 is 2.67 bits per heavy atom. The number of amides is 2. The average molecular weight is 407 g/mol. The van der Waals surface area contributed by atoms with E-state index in [0.29, 0.717) is 35.2 Å². The first-order valence-electron chi connectivity index (χ1n) is 9.54. The highest BCUT2D eigenvalue weighted by molar-refractivity contribution is 5.98. The third-order valence-electron chi connectivity index (χ3n) is 5.07. The van der Waals surface area contributed by atoms with E-state index >= 15 is 0 Å². The molecule has 0 bridgehead atoms. The van der Waals surface area contributed by atoms with Crippen molar-refractivity contribution in [3.8, 4) is 0 Å². The molecule has 0 radical (unpaired) electrons. The van der Waals surface area contributed by atoms with Crippen molar-refractivity contribution in [1.82, 2.24) is 10.3 Å². The van der Waals surface area contributed by atoms with Gasteiger partial charge in [0.25, 0.3) is 5.91 Å². The zero-order valence-electron chi connectivity index (χ0n) is 16.0. The third-order valence-corrected chi connectivity index (χ3v) is 5.07. The molecular weight excluding hydrogens is 388 g/mol. The van der Waals surface area contributed by atoms with Crippen LogP contribution < -0.4 is 10.6 Å². The molecule has 1 aliphatic heterocycles. The number of hydrogen-bond donors (Lipinski definition) is 2. The molecule has 2 amide bonds. The van der Waals surface area contributed by atoms with E-state index < -0.39 is 24.4 Å². The van der Waals surface area contributed by atoms with Crippen molar-refractivity contribution < 1.29 is 18.4 Å². The van der Waals surface area contributed by atoms with Crippen LogP contribution in [-0.2, 0) is 17.9 Å². The number of fused-ring (bicyclic) bond motifs is 1. The summed E-state index contributed by atoms with van der Waals surface area (Å²) in [5.74, 6) is -1.01. The van der Waals surface area contributed by atoms with Gasteiger partial charge in [-0.25, -0.2) is 8.78 Å². The van der Waals surface area contributed by atoms with Gasteiger partial charge in [0.1, 0.15) is 18.2 Å². The number of nitrogens with one attached hydrogen (secondary N) is 2. The minimum Gasteiger partial charge on any atom is -0.339 e. The highest BCUT2D eigenvalue weighted by atomic mass is 19.1. The first kappa shape index (κ1) is 19.7. The summed E-state index contributed by atoms with van der Waals surface area (Å²) in [5, 5.41) is 5.61. The van der Waals surface area contributed by atoms with E-state index in [4.69, 9.17) is 0 Å². The molecule has 1 atom stereocenters. The lowest BCUT2D eigenvalue weighted by atomic mass is 9.98. The molecule has 2 heterocycles. The van der Waals surface area contributed by atoms with Crippen LogP contribution in [0.2, 0.25) is 0 Å². The molecule has 1 aromatic heterocycles. The van der Waals surface area contributed by atoms with Gasteiger partial charge in [-0.05, 0) is 53.4 Å². The van der Waals surface area contributed by atoms with Crippen molar-refractivity contribution in [3.05, 3.63) is 94.6 Å². The summed E-state index contributed by atoms with van der Waals surface area (Å²) >= 11 is 0. The van der Waals surface area contributed by atoms with E-state index in [1.165, 1.54) is 18.3 Å². The summed E-state index contributed by atoms with van der Waals surface area (Å²) < 4.78 is 27.3. The van der Waals surface area contributed by atoms with Gasteiger partial charge in [-0.1, -0.05) is 24.3 Å². The number of nitrogens with zero attached hydrogens (tertiary/aromatic N) is 1. The number of alkyl halides is 1. The van der Waals surface area contributed by atoms with Crippen molar-refractivity contribution in [2.45, 2.75) is 25.6 Å². The number of aryl methyl sites for hydroxylation is 1. The summed E-state index contributed by atoms with van der Waals surface area (Å²) in [6, 6.07) is 13.4. The Hall–Kier alpha value is -3.61. The SMILES string of the molecule is O=C1CCc2cc(C(=O)N[C@@H](c3ccc(CF)cc3)c3ncccc3F)ccc2N1. The molecule has 0 fully saturated rings. The zero-order valence-corrected chi connectivity index (χ0v) is 16.0. The van der Waals surface area contributed by atoms with E-state index in [0.717, 1.165) is 5.56 Å². The largest absolute Gasteiger partial charge is 0.339 e. The molecule has 5 nitrogen and oxygen atoms in total. The quantitative estimate of drug-likeness (QED) is 0.669. The van der Waals surface area contributed by atoms with Gasteiger partial charge in [-0.15, -0.1) is 0 Å². The summed E-state index contributed by atoms with van der Waals surface area (Å²) in [4.78, 5) is 28.6. The zero-order chi connectivity index (χ0) is 21.1. The van der Waals surface area contributed by atoms with E-state index in [1.807, 2.05) is 0 Å². The Labute approximate surface area is 172 Å². The van der Waals surface area contributed by atoms with Crippen LogP contribution in [0.3, 0.4) is 0 Å². The fourth-order valence-electron chi connectivity index (χ4n) is 3.46. The lowest BCUT2D eigenvalue weighted by molar-refractivity contribution is -0.116. The van der Waals surface area contributed by atoms with Crippen LogP contribution in [0.5, 0.6) is 0 Å². The molecule has 0 saturated heterocycles. The monoisotopic (exact) mass is 407 g/mol. The van der Waals surface area contributed by atoms with Crippen molar-refractivity contribution >= 4 is 17.5 Å². The fourth-order valence-corrected chi connectivity index (χ4v) is 3.46. The highest BCUT2D eigenvalue weighted by Crippen LogP contribution is 2.26. The number of aromatic nitrogens is 1. The maximum Gasteiger partial charge on any atom is 0.252 e. The van der Waals surface area contributed by atoms with Crippen LogP contribution in [0, 0.1) is 5.82 Å². The second-order valence-electron chi connectivity index (χ2n) is 7.07. The minimum absolute atomic E-state index is 0.0536. The number of anilines is 1. The summed E-state index contributed by atoms with van der Waals surface area (Å²) in [6.07, 6.45) is 2.36.